The highest BCUT2D eigenvalue weighted by atomic mass is 35.5. The van der Waals surface area contributed by atoms with Gasteiger partial charge in [-0.05, 0) is 50.4 Å². The molecule has 0 aromatic heterocycles. The van der Waals surface area contributed by atoms with Gasteiger partial charge in [-0.3, -0.25) is 4.84 Å². The first-order valence-corrected chi connectivity index (χ1v) is 9.19. The van der Waals surface area contributed by atoms with Crippen molar-refractivity contribution in [1.29, 1.82) is 0 Å². The molecule has 0 spiro atoms. The van der Waals surface area contributed by atoms with Gasteiger partial charge < -0.3 is 15.5 Å². The number of hydrogen-bond donors (Lipinski definition) is 2. The maximum Gasteiger partial charge on any atom is 0.341 e. The van der Waals surface area contributed by atoms with Crippen molar-refractivity contribution in [3.05, 3.63) is 34.9 Å². The summed E-state index contributed by atoms with van der Waals surface area (Å²) in [5.41, 5.74) is 9.31. The van der Waals surface area contributed by atoms with Gasteiger partial charge in [0.2, 0.25) is 0 Å². The average molecular weight is 369 g/mol. The smallest absolute Gasteiger partial charge is 0.328 e. The topological polar surface area (TPSA) is 70.8 Å². The highest BCUT2D eigenvalue weighted by molar-refractivity contribution is 6.30. The van der Waals surface area contributed by atoms with E-state index in [9.17, 15) is 4.79 Å². The van der Waals surface area contributed by atoms with Gasteiger partial charge in [0.05, 0.1) is 7.11 Å². The summed E-state index contributed by atoms with van der Waals surface area (Å²) in [5, 5.41) is 0.676. The molecule has 3 N–H and O–H groups in total. The second kappa shape index (κ2) is 9.97. The number of hydrogen-bond acceptors (Lipinski definition) is 4. The minimum atomic E-state index is -0.212. The quantitative estimate of drug-likeness (QED) is 0.726. The summed E-state index contributed by atoms with van der Waals surface area (Å²) in [4.78, 5) is 21.6. The standard InChI is InChI=1S/C18H29ClN4O2/c1-14(20)6-9-22-10-7-17(8-11-22)23(18(24)21-25-2)13-15-4-3-5-16(19)12-15/h3-5,12,14,17H,6-11,13,20H2,1-2H3,(H,21,24). The SMILES string of the molecule is CONC(=O)N(Cc1cccc(Cl)c1)C1CCN(CCC(C)N)CC1. The highest BCUT2D eigenvalue weighted by Crippen LogP contribution is 2.21. The number of urea groups is 1. The molecule has 7 heteroatoms. The molecule has 25 heavy (non-hydrogen) atoms. The Hall–Kier alpha value is -1.34. The number of nitrogens with one attached hydrogen (secondary N) is 1. The van der Waals surface area contributed by atoms with Crippen molar-refractivity contribution in [2.75, 3.05) is 26.7 Å². The number of carbonyl (C=O) groups is 1. The summed E-state index contributed by atoms with van der Waals surface area (Å²) in [5.74, 6) is 0. The number of hydroxylamine groups is 1. The number of carbonyl (C=O) groups excluding carboxylic acids is 1. The zero-order chi connectivity index (χ0) is 18.2. The van der Waals surface area contributed by atoms with Crippen molar-refractivity contribution >= 4 is 17.6 Å². The summed E-state index contributed by atoms with van der Waals surface area (Å²) in [6.07, 6.45) is 2.88. The van der Waals surface area contributed by atoms with E-state index in [0.717, 1.165) is 44.5 Å². The number of piperidine rings is 1. The summed E-state index contributed by atoms with van der Waals surface area (Å²) >= 11 is 6.07. The van der Waals surface area contributed by atoms with Crippen LogP contribution < -0.4 is 11.2 Å². The van der Waals surface area contributed by atoms with E-state index in [1.54, 1.807) is 0 Å². The van der Waals surface area contributed by atoms with Gasteiger partial charge in [-0.1, -0.05) is 23.7 Å². The van der Waals surface area contributed by atoms with Crippen LogP contribution in [0.25, 0.3) is 0 Å². The van der Waals surface area contributed by atoms with Crippen molar-refractivity contribution in [2.24, 2.45) is 5.73 Å². The van der Waals surface area contributed by atoms with Crippen LogP contribution in [0.4, 0.5) is 4.79 Å². The molecular formula is C18H29ClN4O2. The Morgan fingerprint density at radius 3 is 2.80 bits per heavy atom. The molecule has 1 fully saturated rings. The van der Waals surface area contributed by atoms with Crippen LogP contribution in [-0.4, -0.2) is 54.7 Å². The molecule has 1 aromatic carbocycles. The Balaban J connectivity index is 1.98. The maximum absolute atomic E-state index is 12.5. The molecule has 6 nitrogen and oxygen atoms in total. The number of nitrogens with two attached hydrogens (primary N) is 1. The Morgan fingerprint density at radius 2 is 2.20 bits per heavy atom. The molecule has 0 bridgehead atoms. The van der Waals surface area contributed by atoms with Gasteiger partial charge in [0.1, 0.15) is 0 Å². The number of halogens is 1. The van der Waals surface area contributed by atoms with E-state index in [0.29, 0.717) is 11.6 Å². The molecule has 1 aliphatic heterocycles. The summed E-state index contributed by atoms with van der Waals surface area (Å²) in [6, 6.07) is 7.81. The van der Waals surface area contributed by atoms with Gasteiger partial charge in [0.15, 0.2) is 0 Å². The molecule has 0 aliphatic carbocycles. The highest BCUT2D eigenvalue weighted by Gasteiger charge is 2.28. The fourth-order valence-corrected chi connectivity index (χ4v) is 3.40. The minimum Gasteiger partial charge on any atom is -0.328 e. The zero-order valence-corrected chi connectivity index (χ0v) is 15.8. The van der Waals surface area contributed by atoms with Crippen molar-refractivity contribution in [1.82, 2.24) is 15.3 Å². The molecular weight excluding hydrogens is 340 g/mol. The van der Waals surface area contributed by atoms with E-state index >= 15 is 0 Å². The molecule has 1 aliphatic rings. The van der Waals surface area contributed by atoms with E-state index in [-0.39, 0.29) is 18.1 Å². The first-order chi connectivity index (χ1) is 12.0. The molecule has 2 amide bonds. The van der Waals surface area contributed by atoms with Gasteiger partial charge in [-0.2, -0.15) is 0 Å². The molecule has 2 rings (SSSR count). The van der Waals surface area contributed by atoms with E-state index < -0.39 is 0 Å². The van der Waals surface area contributed by atoms with Gasteiger partial charge in [0, 0.05) is 36.7 Å². The van der Waals surface area contributed by atoms with Crippen molar-refractivity contribution in [3.63, 3.8) is 0 Å². The van der Waals surface area contributed by atoms with Crippen LogP contribution >= 0.6 is 11.6 Å². The van der Waals surface area contributed by atoms with Crippen molar-refractivity contribution < 1.29 is 9.63 Å². The van der Waals surface area contributed by atoms with Crippen LogP contribution in [-0.2, 0) is 11.4 Å². The van der Waals surface area contributed by atoms with E-state index in [2.05, 4.69) is 10.4 Å². The summed E-state index contributed by atoms with van der Waals surface area (Å²) < 4.78 is 0. The third-order valence-corrected chi connectivity index (χ3v) is 4.83. The Morgan fingerprint density at radius 1 is 1.48 bits per heavy atom. The molecule has 1 unspecified atom stereocenters. The molecule has 1 heterocycles. The van der Waals surface area contributed by atoms with Crippen molar-refractivity contribution in [3.8, 4) is 0 Å². The third-order valence-electron chi connectivity index (χ3n) is 4.59. The minimum absolute atomic E-state index is 0.181. The van der Waals surface area contributed by atoms with Crippen molar-refractivity contribution in [2.45, 2.75) is 44.8 Å². The fraction of sp³-hybridized carbons (Fsp3) is 0.611. The molecule has 1 saturated heterocycles. The van der Waals surface area contributed by atoms with Gasteiger partial charge >= 0.3 is 6.03 Å². The fourth-order valence-electron chi connectivity index (χ4n) is 3.19. The normalized spacial score (nSPS) is 17.3. The number of benzene rings is 1. The number of likely N-dealkylation sites (tertiary alicyclic amines) is 1. The second-order valence-electron chi connectivity index (χ2n) is 6.71. The lowest BCUT2D eigenvalue weighted by Gasteiger charge is -2.38. The summed E-state index contributed by atoms with van der Waals surface area (Å²) in [6.45, 7) is 5.52. The lowest BCUT2D eigenvalue weighted by molar-refractivity contribution is 0.0621. The van der Waals surface area contributed by atoms with Crippen LogP contribution in [0.5, 0.6) is 0 Å². The maximum atomic E-state index is 12.5. The van der Waals surface area contributed by atoms with Crippen LogP contribution in [0.3, 0.4) is 0 Å². The number of amides is 2. The monoisotopic (exact) mass is 368 g/mol. The lowest BCUT2D eigenvalue weighted by Crippen LogP contribution is -2.50. The van der Waals surface area contributed by atoms with Crippen LogP contribution in [0, 0.1) is 0 Å². The predicted molar refractivity (Wildman–Crippen MR) is 100 cm³/mol. The lowest BCUT2D eigenvalue weighted by atomic mass is 10.0. The number of rotatable bonds is 7. The molecule has 1 atom stereocenters. The first kappa shape index (κ1) is 20.0. The van der Waals surface area contributed by atoms with Gasteiger partial charge in [0.25, 0.3) is 0 Å². The molecule has 0 radical (unpaired) electrons. The Labute approximate surface area is 155 Å². The Bertz CT molecular complexity index is 548. The largest absolute Gasteiger partial charge is 0.341 e. The Kier molecular flexibility index (Phi) is 7.96. The summed E-state index contributed by atoms with van der Waals surface area (Å²) in [7, 11) is 1.45. The average Bonchev–Trinajstić information content (AvgIpc) is 2.58. The molecule has 1 aromatic rings. The first-order valence-electron chi connectivity index (χ1n) is 8.81. The van der Waals surface area contributed by atoms with Gasteiger partial charge in [-0.15, -0.1) is 0 Å². The van der Waals surface area contributed by atoms with E-state index in [1.807, 2.05) is 36.1 Å². The molecule has 140 valence electrons. The zero-order valence-electron chi connectivity index (χ0n) is 15.1. The van der Waals surface area contributed by atoms with E-state index in [1.165, 1.54) is 7.11 Å². The van der Waals surface area contributed by atoms with Crippen LogP contribution in [0.2, 0.25) is 5.02 Å². The third kappa shape index (κ3) is 6.47. The number of nitrogens with zero attached hydrogens (tertiary/aromatic N) is 2. The van der Waals surface area contributed by atoms with Crippen LogP contribution in [0.15, 0.2) is 24.3 Å². The van der Waals surface area contributed by atoms with Gasteiger partial charge in [-0.25, -0.2) is 10.3 Å². The van der Waals surface area contributed by atoms with E-state index in [4.69, 9.17) is 22.2 Å². The van der Waals surface area contributed by atoms with Crippen LogP contribution in [0.1, 0.15) is 31.7 Å². The predicted octanol–water partition coefficient (Wildman–Crippen LogP) is 2.61. The second-order valence-corrected chi connectivity index (χ2v) is 7.14. The molecule has 0 saturated carbocycles.